The second kappa shape index (κ2) is 7.77. The number of carbonyl (C=O) groups excluding carboxylic acids is 1. The summed E-state index contributed by atoms with van der Waals surface area (Å²) in [6.07, 6.45) is 4.12. The van der Waals surface area contributed by atoms with Gasteiger partial charge in [0.15, 0.2) is 0 Å². The summed E-state index contributed by atoms with van der Waals surface area (Å²) in [7, 11) is 0. The van der Waals surface area contributed by atoms with E-state index in [1.165, 1.54) is 24.0 Å². The van der Waals surface area contributed by atoms with Crippen molar-refractivity contribution in [2.75, 3.05) is 0 Å². The Bertz CT molecular complexity index is 453. The van der Waals surface area contributed by atoms with Gasteiger partial charge in [-0.05, 0) is 30.7 Å². The average molecular weight is 288 g/mol. The van der Waals surface area contributed by atoms with Crippen LogP contribution < -0.4 is 0 Å². The Hall–Kier alpha value is -1.11. The number of aryl methyl sites for hydroxylation is 1. The van der Waals surface area contributed by atoms with E-state index in [1.54, 1.807) is 0 Å². The summed E-state index contributed by atoms with van der Waals surface area (Å²) in [6.45, 7) is 12.8. The van der Waals surface area contributed by atoms with E-state index in [9.17, 15) is 4.79 Å². The van der Waals surface area contributed by atoms with Gasteiger partial charge < -0.3 is 0 Å². The Kier molecular flexibility index (Phi) is 6.64. The van der Waals surface area contributed by atoms with E-state index in [-0.39, 0.29) is 5.41 Å². The van der Waals surface area contributed by atoms with Crippen molar-refractivity contribution in [1.82, 2.24) is 0 Å². The molecule has 1 aromatic carbocycles. The first-order valence-corrected chi connectivity index (χ1v) is 8.33. The lowest BCUT2D eigenvalue weighted by Crippen LogP contribution is -2.26. The molecule has 21 heavy (non-hydrogen) atoms. The predicted octanol–water partition coefficient (Wildman–Crippen LogP) is 5.60. The lowest BCUT2D eigenvalue weighted by Gasteiger charge is -2.27. The van der Waals surface area contributed by atoms with E-state index in [2.05, 4.69) is 45.0 Å². The van der Waals surface area contributed by atoms with Gasteiger partial charge in [-0.25, -0.2) is 0 Å². The molecule has 1 heteroatoms. The fourth-order valence-electron chi connectivity index (χ4n) is 2.85. The van der Waals surface area contributed by atoms with Crippen LogP contribution in [-0.2, 0) is 11.2 Å². The molecule has 0 heterocycles. The highest BCUT2D eigenvalue weighted by atomic mass is 16.1. The van der Waals surface area contributed by atoms with Crippen LogP contribution in [0.4, 0.5) is 0 Å². The highest BCUT2D eigenvalue weighted by Gasteiger charge is 2.27. The SMILES string of the molecule is CCCC(C)C(CC(=O)C(C)(C)C)Cc1cccc(C)c1. The summed E-state index contributed by atoms with van der Waals surface area (Å²) >= 11 is 0. The molecular weight excluding hydrogens is 256 g/mol. The number of rotatable bonds is 7. The second-order valence-corrected chi connectivity index (χ2v) is 7.60. The van der Waals surface area contributed by atoms with Crippen LogP contribution in [-0.4, -0.2) is 5.78 Å². The molecule has 118 valence electrons. The van der Waals surface area contributed by atoms with Gasteiger partial charge in [-0.3, -0.25) is 4.79 Å². The molecule has 0 aliphatic carbocycles. The van der Waals surface area contributed by atoms with E-state index in [0.29, 0.717) is 24.0 Å². The third kappa shape index (κ3) is 6.03. The zero-order valence-corrected chi connectivity index (χ0v) is 14.7. The van der Waals surface area contributed by atoms with Crippen molar-refractivity contribution in [1.29, 1.82) is 0 Å². The number of benzene rings is 1. The molecule has 1 aromatic rings. The minimum atomic E-state index is -0.225. The number of carbonyl (C=O) groups is 1. The standard InChI is InChI=1S/C20H32O/c1-7-9-16(3)18(14-19(21)20(4,5)6)13-17-11-8-10-15(2)12-17/h8,10-12,16,18H,7,9,13-14H2,1-6H3. The van der Waals surface area contributed by atoms with Gasteiger partial charge in [-0.2, -0.15) is 0 Å². The lowest BCUT2D eigenvalue weighted by atomic mass is 9.77. The molecule has 0 saturated carbocycles. The molecule has 0 N–H and O–H groups in total. The maximum atomic E-state index is 12.4. The lowest BCUT2D eigenvalue weighted by molar-refractivity contribution is -0.127. The van der Waals surface area contributed by atoms with E-state index >= 15 is 0 Å². The van der Waals surface area contributed by atoms with Gasteiger partial charge in [0.05, 0.1) is 0 Å². The zero-order chi connectivity index (χ0) is 16.0. The molecule has 2 atom stereocenters. The fraction of sp³-hybridized carbons (Fsp3) is 0.650. The summed E-state index contributed by atoms with van der Waals surface area (Å²) in [5, 5.41) is 0. The maximum Gasteiger partial charge on any atom is 0.138 e. The van der Waals surface area contributed by atoms with Crippen molar-refractivity contribution in [3.63, 3.8) is 0 Å². The van der Waals surface area contributed by atoms with Crippen molar-refractivity contribution in [3.05, 3.63) is 35.4 Å². The fourth-order valence-corrected chi connectivity index (χ4v) is 2.85. The topological polar surface area (TPSA) is 17.1 Å². The first-order chi connectivity index (χ1) is 9.74. The van der Waals surface area contributed by atoms with Crippen molar-refractivity contribution in [2.24, 2.45) is 17.3 Å². The number of hydrogen-bond acceptors (Lipinski definition) is 1. The largest absolute Gasteiger partial charge is 0.299 e. The quantitative estimate of drug-likeness (QED) is 0.638. The molecule has 0 fully saturated rings. The van der Waals surface area contributed by atoms with Gasteiger partial charge in [0.25, 0.3) is 0 Å². The molecule has 0 aliphatic rings. The molecule has 1 nitrogen and oxygen atoms in total. The molecular formula is C20H32O. The molecule has 0 bridgehead atoms. The molecule has 0 amide bonds. The minimum absolute atomic E-state index is 0.225. The number of hydrogen-bond donors (Lipinski definition) is 0. The Labute approximate surface area is 131 Å². The summed E-state index contributed by atoms with van der Waals surface area (Å²) in [5.74, 6) is 1.45. The van der Waals surface area contributed by atoms with Gasteiger partial charge in [0.1, 0.15) is 5.78 Å². The van der Waals surface area contributed by atoms with Gasteiger partial charge >= 0.3 is 0 Å². The van der Waals surface area contributed by atoms with Gasteiger partial charge in [0, 0.05) is 11.8 Å². The van der Waals surface area contributed by atoms with Gasteiger partial charge in [0.2, 0.25) is 0 Å². The van der Waals surface area contributed by atoms with Crippen LogP contribution in [0.25, 0.3) is 0 Å². The second-order valence-electron chi connectivity index (χ2n) is 7.60. The normalized spacial score (nSPS) is 14.8. The van der Waals surface area contributed by atoms with E-state index in [1.807, 2.05) is 20.8 Å². The monoisotopic (exact) mass is 288 g/mol. The predicted molar refractivity (Wildman–Crippen MR) is 91.5 cm³/mol. The zero-order valence-electron chi connectivity index (χ0n) is 14.7. The maximum absolute atomic E-state index is 12.4. The Morgan fingerprint density at radius 2 is 1.90 bits per heavy atom. The summed E-state index contributed by atoms with van der Waals surface area (Å²) in [4.78, 5) is 12.4. The molecule has 2 unspecified atom stereocenters. The van der Waals surface area contributed by atoms with E-state index in [4.69, 9.17) is 0 Å². The van der Waals surface area contributed by atoms with Gasteiger partial charge in [-0.1, -0.05) is 77.3 Å². The Balaban J connectivity index is 2.84. The Morgan fingerprint density at radius 1 is 1.24 bits per heavy atom. The first kappa shape index (κ1) is 17.9. The van der Waals surface area contributed by atoms with Crippen LogP contribution in [0.15, 0.2) is 24.3 Å². The summed E-state index contributed by atoms with van der Waals surface area (Å²) in [5.41, 5.74) is 2.44. The smallest absolute Gasteiger partial charge is 0.138 e. The van der Waals surface area contributed by atoms with Crippen LogP contribution in [0.3, 0.4) is 0 Å². The molecule has 0 spiro atoms. The summed E-state index contributed by atoms with van der Waals surface area (Å²) < 4.78 is 0. The van der Waals surface area contributed by atoms with Crippen LogP contribution >= 0.6 is 0 Å². The minimum Gasteiger partial charge on any atom is -0.299 e. The molecule has 1 rings (SSSR count). The van der Waals surface area contributed by atoms with Crippen molar-refractivity contribution < 1.29 is 4.79 Å². The van der Waals surface area contributed by atoms with Gasteiger partial charge in [-0.15, -0.1) is 0 Å². The highest BCUT2D eigenvalue weighted by molar-refractivity contribution is 5.83. The number of ketones is 1. The van der Waals surface area contributed by atoms with E-state index in [0.717, 1.165) is 6.42 Å². The Morgan fingerprint density at radius 3 is 2.43 bits per heavy atom. The summed E-state index contributed by atoms with van der Waals surface area (Å²) in [6, 6.07) is 8.71. The molecule has 0 aromatic heterocycles. The van der Waals surface area contributed by atoms with Crippen molar-refractivity contribution >= 4 is 5.78 Å². The third-order valence-corrected chi connectivity index (χ3v) is 4.41. The molecule has 0 aliphatic heterocycles. The van der Waals surface area contributed by atoms with E-state index < -0.39 is 0 Å². The van der Waals surface area contributed by atoms with Crippen LogP contribution in [0.1, 0.15) is 65.0 Å². The van der Waals surface area contributed by atoms with Crippen LogP contribution in [0, 0.1) is 24.2 Å². The van der Waals surface area contributed by atoms with Crippen LogP contribution in [0.2, 0.25) is 0 Å². The highest BCUT2D eigenvalue weighted by Crippen LogP contribution is 2.29. The van der Waals surface area contributed by atoms with Crippen molar-refractivity contribution in [2.45, 2.75) is 67.2 Å². The third-order valence-electron chi connectivity index (χ3n) is 4.41. The van der Waals surface area contributed by atoms with Crippen molar-refractivity contribution in [3.8, 4) is 0 Å². The first-order valence-electron chi connectivity index (χ1n) is 8.33. The van der Waals surface area contributed by atoms with Crippen LogP contribution in [0.5, 0.6) is 0 Å². The number of Topliss-reactive ketones (excluding diaryl/α,β-unsaturated/α-hetero) is 1. The average Bonchev–Trinajstić information content (AvgIpc) is 2.37. The molecule has 0 saturated heterocycles. The molecule has 0 radical (unpaired) electrons.